The van der Waals surface area contributed by atoms with Gasteiger partial charge in [-0.15, -0.1) is 0 Å². The molecule has 0 atom stereocenters. The summed E-state index contributed by atoms with van der Waals surface area (Å²) in [6.07, 6.45) is 0. The van der Waals surface area contributed by atoms with Gasteiger partial charge in [-0.25, -0.2) is 4.79 Å². The summed E-state index contributed by atoms with van der Waals surface area (Å²) in [5.74, 6) is -1.01. The van der Waals surface area contributed by atoms with Gasteiger partial charge in [0.25, 0.3) is 0 Å². The quantitative estimate of drug-likeness (QED) is 0.786. The highest BCUT2D eigenvalue weighted by Gasteiger charge is 2.07. The molecule has 0 aliphatic carbocycles. The molecule has 3 nitrogen and oxygen atoms in total. The molecule has 0 saturated heterocycles. The van der Waals surface area contributed by atoms with E-state index >= 15 is 0 Å². The van der Waals surface area contributed by atoms with E-state index in [1.807, 2.05) is 6.92 Å². The van der Waals surface area contributed by atoms with Crippen LogP contribution in [0.4, 0.5) is 5.69 Å². The number of hydrogen-bond acceptors (Lipinski definition) is 2. The lowest BCUT2D eigenvalue weighted by atomic mass is 10.2. The standard InChI is InChI=1S/C9H10ClNO2/c1-2-11-6-3-4-7(9(12)13)8(10)5-6/h3-5,11H,2H2,1H3,(H,12,13). The monoisotopic (exact) mass is 199 g/mol. The largest absolute Gasteiger partial charge is 0.478 e. The first-order valence-corrected chi connectivity index (χ1v) is 4.29. The Morgan fingerprint density at radius 2 is 2.31 bits per heavy atom. The first-order chi connectivity index (χ1) is 6.15. The number of nitrogens with one attached hydrogen (secondary N) is 1. The van der Waals surface area contributed by atoms with Gasteiger partial charge in [0.2, 0.25) is 0 Å². The van der Waals surface area contributed by atoms with E-state index in [9.17, 15) is 4.79 Å². The van der Waals surface area contributed by atoms with Crippen molar-refractivity contribution in [2.24, 2.45) is 0 Å². The molecule has 70 valence electrons. The number of halogens is 1. The summed E-state index contributed by atoms with van der Waals surface area (Å²) in [7, 11) is 0. The third-order valence-electron chi connectivity index (χ3n) is 1.58. The van der Waals surface area contributed by atoms with E-state index in [0.717, 1.165) is 12.2 Å². The van der Waals surface area contributed by atoms with Crippen molar-refractivity contribution in [3.8, 4) is 0 Å². The third-order valence-corrected chi connectivity index (χ3v) is 1.89. The first-order valence-electron chi connectivity index (χ1n) is 3.92. The average molecular weight is 200 g/mol. The fourth-order valence-electron chi connectivity index (χ4n) is 1.00. The Morgan fingerprint density at radius 1 is 1.62 bits per heavy atom. The summed E-state index contributed by atoms with van der Waals surface area (Å²) >= 11 is 5.74. The van der Waals surface area contributed by atoms with Crippen LogP contribution in [0.25, 0.3) is 0 Å². The van der Waals surface area contributed by atoms with E-state index < -0.39 is 5.97 Å². The Labute approximate surface area is 81.3 Å². The van der Waals surface area contributed by atoms with Crippen LogP contribution in [-0.4, -0.2) is 17.6 Å². The van der Waals surface area contributed by atoms with E-state index in [-0.39, 0.29) is 10.6 Å². The maximum absolute atomic E-state index is 10.6. The van der Waals surface area contributed by atoms with Crippen LogP contribution in [-0.2, 0) is 0 Å². The van der Waals surface area contributed by atoms with Crippen LogP contribution in [0.3, 0.4) is 0 Å². The van der Waals surface area contributed by atoms with Crippen LogP contribution < -0.4 is 5.32 Å². The van der Waals surface area contributed by atoms with Gasteiger partial charge in [-0.3, -0.25) is 0 Å². The lowest BCUT2D eigenvalue weighted by molar-refractivity contribution is 0.0697. The molecule has 1 aromatic rings. The molecule has 0 fully saturated rings. The topological polar surface area (TPSA) is 49.3 Å². The minimum absolute atomic E-state index is 0.128. The van der Waals surface area contributed by atoms with E-state index in [2.05, 4.69) is 5.32 Å². The lowest BCUT2D eigenvalue weighted by Gasteiger charge is -2.04. The molecule has 2 N–H and O–H groups in total. The highest BCUT2D eigenvalue weighted by molar-refractivity contribution is 6.33. The number of carboxylic acids is 1. The second kappa shape index (κ2) is 4.14. The van der Waals surface area contributed by atoms with Crippen molar-refractivity contribution in [1.82, 2.24) is 0 Å². The molecule has 0 spiro atoms. The van der Waals surface area contributed by atoms with Crippen molar-refractivity contribution >= 4 is 23.3 Å². The Balaban J connectivity index is 2.98. The molecule has 13 heavy (non-hydrogen) atoms. The fourth-order valence-corrected chi connectivity index (χ4v) is 1.26. The van der Waals surface area contributed by atoms with Gasteiger partial charge in [-0.2, -0.15) is 0 Å². The number of anilines is 1. The highest BCUT2D eigenvalue weighted by Crippen LogP contribution is 2.20. The molecule has 0 radical (unpaired) electrons. The smallest absolute Gasteiger partial charge is 0.337 e. The van der Waals surface area contributed by atoms with Crippen LogP contribution in [0.2, 0.25) is 5.02 Å². The van der Waals surface area contributed by atoms with Gasteiger partial charge < -0.3 is 10.4 Å². The zero-order valence-electron chi connectivity index (χ0n) is 7.17. The molecule has 1 rings (SSSR count). The van der Waals surface area contributed by atoms with Crippen LogP contribution in [0, 0.1) is 0 Å². The molecule has 0 amide bonds. The van der Waals surface area contributed by atoms with Crippen molar-refractivity contribution in [2.45, 2.75) is 6.92 Å². The molecule has 4 heteroatoms. The number of carboxylic acid groups (broad SMARTS) is 1. The van der Waals surface area contributed by atoms with Crippen molar-refractivity contribution in [3.63, 3.8) is 0 Å². The molecule has 0 heterocycles. The Kier molecular flexibility index (Phi) is 3.14. The molecule has 0 aliphatic heterocycles. The van der Waals surface area contributed by atoms with Crippen LogP contribution in [0.1, 0.15) is 17.3 Å². The van der Waals surface area contributed by atoms with Crippen LogP contribution in [0.15, 0.2) is 18.2 Å². The number of aromatic carboxylic acids is 1. The van der Waals surface area contributed by atoms with Crippen molar-refractivity contribution in [2.75, 3.05) is 11.9 Å². The van der Waals surface area contributed by atoms with E-state index in [0.29, 0.717) is 0 Å². The van der Waals surface area contributed by atoms with Gasteiger partial charge in [-0.1, -0.05) is 11.6 Å². The number of hydrogen-bond donors (Lipinski definition) is 2. The Morgan fingerprint density at radius 3 is 2.77 bits per heavy atom. The third kappa shape index (κ3) is 2.36. The lowest BCUT2D eigenvalue weighted by Crippen LogP contribution is -2.00. The molecule has 0 aromatic heterocycles. The summed E-state index contributed by atoms with van der Waals surface area (Å²) < 4.78 is 0. The molecular formula is C9H10ClNO2. The van der Waals surface area contributed by atoms with E-state index in [4.69, 9.17) is 16.7 Å². The molecule has 0 aliphatic rings. The average Bonchev–Trinajstić information content (AvgIpc) is 2.04. The second-order valence-corrected chi connectivity index (χ2v) is 2.94. The SMILES string of the molecule is CCNc1ccc(C(=O)O)c(Cl)c1. The minimum atomic E-state index is -1.01. The maximum Gasteiger partial charge on any atom is 0.337 e. The number of carbonyl (C=O) groups is 1. The van der Waals surface area contributed by atoms with E-state index in [1.54, 1.807) is 12.1 Å². The number of benzene rings is 1. The summed E-state index contributed by atoms with van der Waals surface area (Å²) in [5, 5.41) is 12.0. The second-order valence-electron chi connectivity index (χ2n) is 2.53. The van der Waals surface area contributed by atoms with Crippen LogP contribution >= 0.6 is 11.6 Å². The maximum atomic E-state index is 10.6. The normalized spacial score (nSPS) is 9.69. The Hall–Kier alpha value is -1.22. The molecule has 0 unspecified atom stereocenters. The van der Waals surface area contributed by atoms with Gasteiger partial charge in [0.15, 0.2) is 0 Å². The molecule has 0 saturated carbocycles. The van der Waals surface area contributed by atoms with Crippen LogP contribution in [0.5, 0.6) is 0 Å². The van der Waals surface area contributed by atoms with Gasteiger partial charge in [0, 0.05) is 12.2 Å². The van der Waals surface area contributed by atoms with Gasteiger partial charge in [-0.05, 0) is 25.1 Å². The van der Waals surface area contributed by atoms with Crippen molar-refractivity contribution < 1.29 is 9.90 Å². The first kappa shape index (κ1) is 9.86. The predicted molar refractivity (Wildman–Crippen MR) is 52.6 cm³/mol. The number of rotatable bonds is 3. The minimum Gasteiger partial charge on any atom is -0.478 e. The predicted octanol–water partition coefficient (Wildman–Crippen LogP) is 2.47. The van der Waals surface area contributed by atoms with Gasteiger partial charge in [0.05, 0.1) is 10.6 Å². The molecule has 0 bridgehead atoms. The van der Waals surface area contributed by atoms with E-state index in [1.165, 1.54) is 6.07 Å². The summed E-state index contributed by atoms with van der Waals surface area (Å²) in [5.41, 5.74) is 0.959. The summed E-state index contributed by atoms with van der Waals surface area (Å²) in [6, 6.07) is 4.79. The zero-order chi connectivity index (χ0) is 9.84. The van der Waals surface area contributed by atoms with Crippen molar-refractivity contribution in [1.29, 1.82) is 0 Å². The fraction of sp³-hybridized carbons (Fsp3) is 0.222. The highest BCUT2D eigenvalue weighted by atomic mass is 35.5. The molecule has 1 aromatic carbocycles. The van der Waals surface area contributed by atoms with Gasteiger partial charge in [0.1, 0.15) is 0 Å². The zero-order valence-corrected chi connectivity index (χ0v) is 7.93. The van der Waals surface area contributed by atoms with Gasteiger partial charge >= 0.3 is 5.97 Å². The summed E-state index contributed by atoms with van der Waals surface area (Å²) in [4.78, 5) is 10.6. The Bertz CT molecular complexity index is 325. The molecular weight excluding hydrogens is 190 g/mol. The summed E-state index contributed by atoms with van der Waals surface area (Å²) in [6.45, 7) is 2.74. The van der Waals surface area contributed by atoms with Crippen molar-refractivity contribution in [3.05, 3.63) is 28.8 Å².